The molecule has 0 radical (unpaired) electrons. The van der Waals surface area contributed by atoms with E-state index >= 15 is 0 Å². The highest BCUT2D eigenvalue weighted by atomic mass is 16.5. The molecule has 1 saturated carbocycles. The van der Waals surface area contributed by atoms with Crippen LogP contribution >= 0.6 is 0 Å². The maximum atomic E-state index is 9.40. The van der Waals surface area contributed by atoms with Crippen molar-refractivity contribution in [2.24, 2.45) is 5.41 Å². The molecule has 0 unspecified atom stereocenters. The Morgan fingerprint density at radius 3 is 2.63 bits per heavy atom. The predicted octanol–water partition coefficient (Wildman–Crippen LogP) is 2.46. The van der Waals surface area contributed by atoms with Crippen LogP contribution in [0.1, 0.15) is 30.9 Å². The molecule has 0 atom stereocenters. The minimum atomic E-state index is 0.171. The molecule has 3 heteroatoms. The highest BCUT2D eigenvalue weighted by molar-refractivity contribution is 5.37. The number of hydrogen-bond acceptors (Lipinski definition) is 3. The van der Waals surface area contributed by atoms with Gasteiger partial charge >= 0.3 is 0 Å². The summed E-state index contributed by atoms with van der Waals surface area (Å²) in [7, 11) is 3.84. The fourth-order valence-corrected chi connectivity index (χ4v) is 2.64. The molecular formula is C16H25NO2. The van der Waals surface area contributed by atoms with Crippen molar-refractivity contribution in [2.45, 2.75) is 32.7 Å². The van der Waals surface area contributed by atoms with Gasteiger partial charge in [-0.1, -0.05) is 19.1 Å². The van der Waals surface area contributed by atoms with Crippen molar-refractivity contribution in [3.63, 3.8) is 0 Å². The zero-order valence-electron chi connectivity index (χ0n) is 12.3. The maximum Gasteiger partial charge on any atom is 0.123 e. The van der Waals surface area contributed by atoms with Crippen LogP contribution in [0.2, 0.25) is 0 Å². The monoisotopic (exact) mass is 263 g/mol. The van der Waals surface area contributed by atoms with E-state index in [0.717, 1.165) is 38.1 Å². The van der Waals surface area contributed by atoms with Crippen LogP contribution in [0.4, 0.5) is 0 Å². The molecular weight excluding hydrogens is 238 g/mol. The van der Waals surface area contributed by atoms with Gasteiger partial charge in [0.15, 0.2) is 0 Å². The summed E-state index contributed by atoms with van der Waals surface area (Å²) in [5.41, 5.74) is 2.75. The number of rotatable bonds is 7. The van der Waals surface area contributed by atoms with Gasteiger partial charge in [-0.05, 0) is 37.9 Å². The summed E-state index contributed by atoms with van der Waals surface area (Å²) in [6.45, 7) is 4.31. The van der Waals surface area contributed by atoms with Crippen molar-refractivity contribution in [2.75, 3.05) is 27.3 Å². The molecule has 1 aromatic rings. The SMILES string of the molecule is CCc1ccc(OC)c(CN(C)CC2(CO)CC2)c1. The number of benzene rings is 1. The largest absolute Gasteiger partial charge is 0.496 e. The normalized spacial score (nSPS) is 16.7. The van der Waals surface area contributed by atoms with Crippen LogP contribution in [0, 0.1) is 5.41 Å². The number of aryl methyl sites for hydroxylation is 1. The summed E-state index contributed by atoms with van der Waals surface area (Å²) < 4.78 is 5.44. The lowest BCUT2D eigenvalue weighted by atomic mass is 10.1. The van der Waals surface area contributed by atoms with Crippen LogP contribution in [0.3, 0.4) is 0 Å². The average molecular weight is 263 g/mol. The van der Waals surface area contributed by atoms with Gasteiger partial charge in [-0.25, -0.2) is 0 Å². The predicted molar refractivity (Wildman–Crippen MR) is 77.5 cm³/mol. The fraction of sp³-hybridized carbons (Fsp3) is 0.625. The van der Waals surface area contributed by atoms with Gasteiger partial charge in [-0.15, -0.1) is 0 Å². The van der Waals surface area contributed by atoms with Crippen LogP contribution in [0.25, 0.3) is 0 Å². The van der Waals surface area contributed by atoms with Crippen LogP contribution in [0.5, 0.6) is 5.75 Å². The van der Waals surface area contributed by atoms with E-state index < -0.39 is 0 Å². The van der Waals surface area contributed by atoms with Crippen LogP contribution in [-0.4, -0.2) is 37.3 Å². The second-order valence-electron chi connectivity index (χ2n) is 5.83. The molecule has 1 N–H and O–H groups in total. The molecule has 0 saturated heterocycles. The molecule has 1 aliphatic carbocycles. The maximum absolute atomic E-state index is 9.40. The lowest BCUT2D eigenvalue weighted by molar-refractivity contribution is 0.160. The van der Waals surface area contributed by atoms with Gasteiger partial charge in [0.05, 0.1) is 7.11 Å². The van der Waals surface area contributed by atoms with Gasteiger partial charge in [-0.3, -0.25) is 0 Å². The molecule has 0 spiro atoms. The summed E-state index contributed by atoms with van der Waals surface area (Å²) in [5.74, 6) is 0.956. The van der Waals surface area contributed by atoms with Crippen molar-refractivity contribution in [1.82, 2.24) is 4.90 Å². The first-order valence-electron chi connectivity index (χ1n) is 7.07. The van der Waals surface area contributed by atoms with E-state index in [1.54, 1.807) is 7.11 Å². The Hall–Kier alpha value is -1.06. The van der Waals surface area contributed by atoms with E-state index in [-0.39, 0.29) is 5.41 Å². The summed E-state index contributed by atoms with van der Waals surface area (Å²) in [4.78, 5) is 2.29. The third-order valence-electron chi connectivity index (χ3n) is 4.09. The van der Waals surface area contributed by atoms with Crippen LogP contribution in [0.15, 0.2) is 18.2 Å². The molecule has 0 aliphatic heterocycles. The van der Waals surface area contributed by atoms with E-state index in [4.69, 9.17) is 4.74 Å². The van der Waals surface area contributed by atoms with Crippen molar-refractivity contribution in [3.8, 4) is 5.75 Å². The first-order chi connectivity index (χ1) is 9.12. The molecule has 1 aromatic carbocycles. The molecule has 106 valence electrons. The Kier molecular flexibility index (Phi) is 4.48. The Morgan fingerprint density at radius 2 is 2.11 bits per heavy atom. The molecule has 0 bridgehead atoms. The molecule has 19 heavy (non-hydrogen) atoms. The molecule has 1 fully saturated rings. The van der Waals surface area contributed by atoms with Crippen molar-refractivity contribution >= 4 is 0 Å². The van der Waals surface area contributed by atoms with E-state index in [9.17, 15) is 5.11 Å². The standard InChI is InChI=1S/C16H25NO2/c1-4-13-5-6-15(19-3)14(9-13)10-17(2)11-16(12-18)7-8-16/h5-6,9,18H,4,7-8,10-12H2,1-3H3. The zero-order valence-corrected chi connectivity index (χ0v) is 12.3. The third-order valence-corrected chi connectivity index (χ3v) is 4.09. The molecule has 0 heterocycles. The van der Waals surface area contributed by atoms with Crippen LogP contribution < -0.4 is 4.74 Å². The summed E-state index contributed by atoms with van der Waals surface area (Å²) in [5, 5.41) is 9.40. The first-order valence-corrected chi connectivity index (χ1v) is 7.07. The van der Waals surface area contributed by atoms with Gasteiger partial charge in [0.2, 0.25) is 0 Å². The lowest BCUT2D eigenvalue weighted by Gasteiger charge is -2.23. The van der Waals surface area contributed by atoms with Gasteiger partial charge in [0.25, 0.3) is 0 Å². The van der Waals surface area contributed by atoms with E-state index in [0.29, 0.717) is 6.61 Å². The van der Waals surface area contributed by atoms with Gasteiger partial charge in [0.1, 0.15) is 5.75 Å². The number of aliphatic hydroxyl groups is 1. The minimum absolute atomic E-state index is 0.171. The second kappa shape index (κ2) is 5.93. The zero-order chi connectivity index (χ0) is 13.9. The topological polar surface area (TPSA) is 32.7 Å². The van der Waals surface area contributed by atoms with Crippen molar-refractivity contribution < 1.29 is 9.84 Å². The highest BCUT2D eigenvalue weighted by Crippen LogP contribution is 2.45. The van der Waals surface area contributed by atoms with Crippen LogP contribution in [-0.2, 0) is 13.0 Å². The number of aliphatic hydroxyl groups excluding tert-OH is 1. The molecule has 1 aliphatic rings. The number of nitrogens with zero attached hydrogens (tertiary/aromatic N) is 1. The molecule has 3 nitrogen and oxygen atoms in total. The average Bonchev–Trinajstić information content (AvgIpc) is 3.18. The quantitative estimate of drug-likeness (QED) is 0.820. The molecule has 0 amide bonds. The summed E-state index contributed by atoms with van der Waals surface area (Å²) in [6, 6.07) is 6.41. The number of ether oxygens (including phenoxy) is 1. The Bertz CT molecular complexity index is 427. The van der Waals surface area contributed by atoms with E-state index in [1.165, 1.54) is 11.1 Å². The molecule has 0 aromatic heterocycles. The van der Waals surface area contributed by atoms with Gasteiger partial charge in [-0.2, -0.15) is 0 Å². The minimum Gasteiger partial charge on any atom is -0.496 e. The first kappa shape index (κ1) is 14.4. The van der Waals surface area contributed by atoms with E-state index in [1.807, 2.05) is 0 Å². The van der Waals surface area contributed by atoms with E-state index in [2.05, 4.69) is 37.1 Å². The summed E-state index contributed by atoms with van der Waals surface area (Å²) >= 11 is 0. The number of hydrogen-bond donors (Lipinski definition) is 1. The fourth-order valence-electron chi connectivity index (χ4n) is 2.64. The lowest BCUT2D eigenvalue weighted by Crippen LogP contribution is -2.28. The van der Waals surface area contributed by atoms with Crippen molar-refractivity contribution in [3.05, 3.63) is 29.3 Å². The molecule has 2 rings (SSSR count). The highest BCUT2D eigenvalue weighted by Gasteiger charge is 2.42. The third kappa shape index (κ3) is 3.48. The Morgan fingerprint density at radius 1 is 1.37 bits per heavy atom. The second-order valence-corrected chi connectivity index (χ2v) is 5.83. The summed E-state index contributed by atoms with van der Waals surface area (Å²) in [6.07, 6.45) is 3.35. The smallest absolute Gasteiger partial charge is 0.123 e. The Labute approximate surface area is 116 Å². The Balaban J connectivity index is 2.04. The van der Waals surface area contributed by atoms with Gasteiger partial charge < -0.3 is 14.7 Å². The van der Waals surface area contributed by atoms with Gasteiger partial charge in [0, 0.05) is 30.7 Å². The van der Waals surface area contributed by atoms with Crippen molar-refractivity contribution in [1.29, 1.82) is 0 Å². The number of methoxy groups -OCH3 is 1.